The Bertz CT molecular complexity index is 1290. The van der Waals surface area contributed by atoms with Crippen LogP contribution in [0.25, 0.3) is 10.2 Å². The molecule has 0 saturated carbocycles. The predicted molar refractivity (Wildman–Crippen MR) is 112 cm³/mol. The fourth-order valence-corrected chi connectivity index (χ4v) is 4.99. The number of esters is 1. The number of halogens is 1. The molecule has 0 bridgehead atoms. The summed E-state index contributed by atoms with van der Waals surface area (Å²) in [5.74, 6) is -2.58. The van der Waals surface area contributed by atoms with E-state index in [4.69, 9.17) is 9.47 Å². The molecule has 0 atom stereocenters. The molecule has 1 heterocycles. The molecule has 11 heteroatoms. The van der Waals surface area contributed by atoms with Crippen LogP contribution >= 0.6 is 11.3 Å². The Labute approximate surface area is 181 Å². The number of benzene rings is 2. The van der Waals surface area contributed by atoms with Crippen LogP contribution in [0.3, 0.4) is 0 Å². The van der Waals surface area contributed by atoms with Gasteiger partial charge in [0.2, 0.25) is 0 Å². The molecule has 0 spiro atoms. The fourth-order valence-electron chi connectivity index (χ4n) is 2.82. The lowest BCUT2D eigenvalue weighted by Gasteiger charge is -2.06. The first-order chi connectivity index (χ1) is 14.7. The minimum Gasteiger partial charge on any atom is -0.497 e. The Morgan fingerprint density at radius 2 is 1.87 bits per heavy atom. The maximum absolute atomic E-state index is 14.4. The van der Waals surface area contributed by atoms with Gasteiger partial charge in [-0.25, -0.2) is 12.8 Å². The van der Waals surface area contributed by atoms with Crippen molar-refractivity contribution in [3.63, 3.8) is 0 Å². The van der Waals surface area contributed by atoms with Gasteiger partial charge in [-0.15, -0.1) is 0 Å². The smallest absolute Gasteiger partial charge is 0.326 e. The molecule has 1 amide bonds. The molecule has 0 aliphatic rings. The molecule has 1 aromatic heterocycles. The van der Waals surface area contributed by atoms with Crippen molar-refractivity contribution < 1.29 is 31.9 Å². The Morgan fingerprint density at radius 3 is 2.52 bits per heavy atom. The molecule has 0 saturated heterocycles. The van der Waals surface area contributed by atoms with Gasteiger partial charge in [-0.3, -0.25) is 9.59 Å². The molecule has 31 heavy (non-hydrogen) atoms. The molecule has 0 aliphatic carbocycles. The summed E-state index contributed by atoms with van der Waals surface area (Å²) >= 11 is 0.970. The Kier molecular flexibility index (Phi) is 6.86. The van der Waals surface area contributed by atoms with Crippen LogP contribution in [0.1, 0.15) is 6.92 Å². The van der Waals surface area contributed by atoms with Crippen molar-refractivity contribution in [2.45, 2.75) is 18.4 Å². The van der Waals surface area contributed by atoms with Gasteiger partial charge in [0, 0.05) is 0 Å². The molecule has 3 aromatic rings. The zero-order valence-electron chi connectivity index (χ0n) is 16.7. The van der Waals surface area contributed by atoms with Gasteiger partial charge in [-0.2, -0.15) is 4.99 Å². The highest BCUT2D eigenvalue weighted by Gasteiger charge is 2.21. The molecule has 0 N–H and O–H groups in total. The summed E-state index contributed by atoms with van der Waals surface area (Å²) in [4.78, 5) is 28.2. The van der Waals surface area contributed by atoms with E-state index in [0.29, 0.717) is 10.4 Å². The fraction of sp³-hybridized carbons (Fsp3) is 0.250. The summed E-state index contributed by atoms with van der Waals surface area (Å²) in [7, 11) is -2.51. The van der Waals surface area contributed by atoms with E-state index in [2.05, 4.69) is 4.99 Å². The highest BCUT2D eigenvalue weighted by Crippen LogP contribution is 2.21. The standard InChI is InChI=1S/C20H19FN2O6S2/c1-3-29-18(25)11-23-19-15(21)5-4-6-16(19)30-20(23)22-17(24)12-31(26,27)14-9-7-13(28-2)8-10-14/h4-10H,3,11-12H2,1-2H3. The van der Waals surface area contributed by atoms with E-state index >= 15 is 0 Å². The van der Waals surface area contributed by atoms with Crippen LogP contribution in [-0.4, -0.2) is 44.3 Å². The van der Waals surface area contributed by atoms with Crippen LogP contribution in [0.2, 0.25) is 0 Å². The molecular weight excluding hydrogens is 447 g/mol. The van der Waals surface area contributed by atoms with Crippen molar-refractivity contribution in [3.05, 3.63) is 53.1 Å². The maximum Gasteiger partial charge on any atom is 0.326 e. The molecule has 164 valence electrons. The molecule has 3 rings (SSSR count). The average molecular weight is 467 g/mol. The number of amides is 1. The van der Waals surface area contributed by atoms with Crippen LogP contribution in [0.15, 0.2) is 52.4 Å². The molecule has 0 fully saturated rings. The van der Waals surface area contributed by atoms with E-state index in [9.17, 15) is 22.4 Å². The first-order valence-corrected chi connectivity index (χ1v) is 11.6. The van der Waals surface area contributed by atoms with Crippen LogP contribution in [0.5, 0.6) is 5.75 Å². The third kappa shape index (κ3) is 5.17. The summed E-state index contributed by atoms with van der Waals surface area (Å²) in [5, 5.41) is 0. The molecule has 8 nitrogen and oxygen atoms in total. The predicted octanol–water partition coefficient (Wildman–Crippen LogP) is 2.31. The first-order valence-electron chi connectivity index (χ1n) is 9.13. The first kappa shape index (κ1) is 22.6. The zero-order chi connectivity index (χ0) is 22.6. The molecule has 0 unspecified atom stereocenters. The largest absolute Gasteiger partial charge is 0.497 e. The second-order valence-electron chi connectivity index (χ2n) is 6.30. The second kappa shape index (κ2) is 9.40. The summed E-state index contributed by atoms with van der Waals surface area (Å²) in [6.07, 6.45) is 0. The zero-order valence-corrected chi connectivity index (χ0v) is 18.3. The third-order valence-electron chi connectivity index (χ3n) is 4.20. The van der Waals surface area contributed by atoms with Gasteiger partial charge < -0.3 is 14.0 Å². The van der Waals surface area contributed by atoms with Crippen molar-refractivity contribution in [2.75, 3.05) is 19.5 Å². The van der Waals surface area contributed by atoms with Gasteiger partial charge in [0.25, 0.3) is 5.91 Å². The van der Waals surface area contributed by atoms with Crippen molar-refractivity contribution in [1.82, 2.24) is 4.57 Å². The van der Waals surface area contributed by atoms with Crippen LogP contribution in [0, 0.1) is 5.82 Å². The number of aromatic nitrogens is 1. The number of fused-ring (bicyclic) bond motifs is 1. The Morgan fingerprint density at radius 1 is 1.16 bits per heavy atom. The van der Waals surface area contributed by atoms with E-state index in [1.807, 2.05) is 0 Å². The van der Waals surface area contributed by atoms with Crippen molar-refractivity contribution in [2.24, 2.45) is 4.99 Å². The number of hydrogen-bond acceptors (Lipinski definition) is 7. The monoisotopic (exact) mass is 466 g/mol. The van der Waals surface area contributed by atoms with Gasteiger partial charge >= 0.3 is 5.97 Å². The number of para-hydroxylation sites is 1. The Hall–Kier alpha value is -3.05. The quantitative estimate of drug-likeness (QED) is 0.495. The molecule has 0 radical (unpaired) electrons. The van der Waals surface area contributed by atoms with Gasteiger partial charge in [0.1, 0.15) is 23.9 Å². The van der Waals surface area contributed by atoms with Gasteiger partial charge in [0.05, 0.1) is 28.8 Å². The lowest BCUT2D eigenvalue weighted by molar-refractivity contribution is -0.143. The maximum atomic E-state index is 14.4. The number of carbonyl (C=O) groups is 2. The molecule has 0 aliphatic heterocycles. The number of thiazole rings is 1. The number of carbonyl (C=O) groups excluding carboxylic acids is 2. The van der Waals surface area contributed by atoms with Gasteiger partial charge in [0.15, 0.2) is 14.6 Å². The lowest BCUT2D eigenvalue weighted by Crippen LogP contribution is -2.25. The van der Waals surface area contributed by atoms with Crippen molar-refractivity contribution in [3.8, 4) is 5.75 Å². The number of nitrogens with zero attached hydrogens (tertiary/aromatic N) is 2. The molecule has 2 aromatic carbocycles. The second-order valence-corrected chi connectivity index (χ2v) is 9.30. The minimum absolute atomic E-state index is 0.00286. The summed E-state index contributed by atoms with van der Waals surface area (Å²) in [6.45, 7) is 1.40. The highest BCUT2D eigenvalue weighted by atomic mass is 32.2. The lowest BCUT2D eigenvalue weighted by atomic mass is 10.3. The van der Waals surface area contributed by atoms with Crippen molar-refractivity contribution >= 4 is 43.3 Å². The summed E-state index contributed by atoms with van der Waals surface area (Å²) in [5.41, 5.74) is 0.0881. The van der Waals surface area contributed by atoms with Gasteiger partial charge in [-0.1, -0.05) is 17.4 Å². The topological polar surface area (TPSA) is 104 Å². The molecular formula is C20H19FN2O6S2. The minimum atomic E-state index is -3.96. The number of ether oxygens (including phenoxy) is 2. The number of rotatable bonds is 7. The van der Waals surface area contributed by atoms with E-state index < -0.39 is 33.3 Å². The van der Waals surface area contributed by atoms with Crippen LogP contribution in [-0.2, 0) is 30.7 Å². The Balaban J connectivity index is 1.97. The third-order valence-corrected chi connectivity index (χ3v) is 6.86. The highest BCUT2D eigenvalue weighted by molar-refractivity contribution is 7.92. The number of sulfone groups is 1. The SMILES string of the molecule is CCOC(=O)Cn1c(=NC(=O)CS(=O)(=O)c2ccc(OC)cc2)sc2cccc(F)c21. The van der Waals surface area contributed by atoms with Crippen molar-refractivity contribution in [1.29, 1.82) is 0 Å². The average Bonchev–Trinajstić information content (AvgIpc) is 3.05. The van der Waals surface area contributed by atoms with Crippen LogP contribution < -0.4 is 9.54 Å². The van der Waals surface area contributed by atoms with E-state index in [-0.39, 0.29) is 28.4 Å². The van der Waals surface area contributed by atoms with Gasteiger partial charge in [-0.05, 0) is 43.3 Å². The number of methoxy groups -OCH3 is 1. The normalized spacial score (nSPS) is 12.2. The van der Waals surface area contributed by atoms with E-state index in [1.165, 1.54) is 48.1 Å². The van der Waals surface area contributed by atoms with E-state index in [0.717, 1.165) is 11.3 Å². The number of hydrogen-bond donors (Lipinski definition) is 0. The van der Waals surface area contributed by atoms with E-state index in [1.54, 1.807) is 13.0 Å². The van der Waals surface area contributed by atoms with Crippen LogP contribution in [0.4, 0.5) is 4.39 Å². The summed E-state index contributed by atoms with van der Waals surface area (Å²) < 4.78 is 51.1. The summed E-state index contributed by atoms with van der Waals surface area (Å²) in [6, 6.07) is 9.92.